The zero-order valence-corrected chi connectivity index (χ0v) is 18.2. The van der Waals surface area contributed by atoms with Crippen LogP contribution in [-0.2, 0) is 0 Å². The average molecular weight is 354 g/mol. The van der Waals surface area contributed by atoms with Crippen molar-refractivity contribution < 1.29 is 0 Å². The standard InChI is InChI=1S/C24H51N/c1-4-7-10-13-14-17-20-23-24(25,21-18-15-11-8-5-2)22-19-16-12-9-6-3/h4-23,25H2,1-3H3. The summed E-state index contributed by atoms with van der Waals surface area (Å²) in [6.07, 6.45) is 27.3. The molecule has 0 spiro atoms. The first-order valence-electron chi connectivity index (χ1n) is 12.0. The second kappa shape index (κ2) is 18.7. The van der Waals surface area contributed by atoms with E-state index in [1.165, 1.54) is 128 Å². The Morgan fingerprint density at radius 2 is 0.640 bits per heavy atom. The van der Waals surface area contributed by atoms with Crippen LogP contribution >= 0.6 is 0 Å². The summed E-state index contributed by atoms with van der Waals surface area (Å²) in [5.41, 5.74) is 7.03. The van der Waals surface area contributed by atoms with Crippen molar-refractivity contribution in [1.29, 1.82) is 0 Å². The van der Waals surface area contributed by atoms with Gasteiger partial charge < -0.3 is 5.73 Å². The van der Waals surface area contributed by atoms with Crippen LogP contribution < -0.4 is 5.73 Å². The fraction of sp³-hybridized carbons (Fsp3) is 1.00. The Morgan fingerprint density at radius 3 is 0.920 bits per heavy atom. The Morgan fingerprint density at radius 1 is 0.400 bits per heavy atom. The molecule has 0 saturated carbocycles. The summed E-state index contributed by atoms with van der Waals surface area (Å²) in [6, 6.07) is 0. The van der Waals surface area contributed by atoms with Gasteiger partial charge in [0.15, 0.2) is 0 Å². The molecule has 0 radical (unpaired) electrons. The summed E-state index contributed by atoms with van der Waals surface area (Å²) in [6.45, 7) is 6.89. The summed E-state index contributed by atoms with van der Waals surface area (Å²) in [5, 5.41) is 0. The molecular formula is C24H51N. The van der Waals surface area contributed by atoms with E-state index in [9.17, 15) is 0 Å². The van der Waals surface area contributed by atoms with Crippen LogP contribution in [-0.4, -0.2) is 5.54 Å². The van der Waals surface area contributed by atoms with Crippen molar-refractivity contribution in [2.24, 2.45) is 5.73 Å². The molecule has 25 heavy (non-hydrogen) atoms. The first-order valence-corrected chi connectivity index (χ1v) is 12.0. The van der Waals surface area contributed by atoms with Crippen LogP contribution in [0.5, 0.6) is 0 Å². The largest absolute Gasteiger partial charge is 0.325 e. The highest BCUT2D eigenvalue weighted by Gasteiger charge is 2.23. The highest BCUT2D eigenvalue weighted by molar-refractivity contribution is 4.84. The van der Waals surface area contributed by atoms with Crippen LogP contribution in [0.2, 0.25) is 0 Å². The minimum absolute atomic E-state index is 0.141. The Balaban J connectivity index is 3.99. The fourth-order valence-corrected chi connectivity index (χ4v) is 3.97. The van der Waals surface area contributed by atoms with Gasteiger partial charge in [-0.3, -0.25) is 0 Å². The lowest BCUT2D eigenvalue weighted by Gasteiger charge is -2.30. The van der Waals surface area contributed by atoms with E-state index < -0.39 is 0 Å². The topological polar surface area (TPSA) is 26.0 Å². The molecule has 0 aliphatic rings. The normalized spacial score (nSPS) is 12.0. The van der Waals surface area contributed by atoms with E-state index in [1.54, 1.807) is 0 Å². The van der Waals surface area contributed by atoms with Gasteiger partial charge in [-0.15, -0.1) is 0 Å². The van der Waals surface area contributed by atoms with Gasteiger partial charge in [-0.2, -0.15) is 0 Å². The van der Waals surface area contributed by atoms with Gasteiger partial charge in [-0.05, 0) is 19.3 Å². The summed E-state index contributed by atoms with van der Waals surface area (Å²) in [7, 11) is 0. The lowest BCUT2D eigenvalue weighted by atomic mass is 9.82. The van der Waals surface area contributed by atoms with Crippen molar-refractivity contribution in [3.8, 4) is 0 Å². The molecule has 0 heterocycles. The van der Waals surface area contributed by atoms with Crippen LogP contribution in [0.4, 0.5) is 0 Å². The van der Waals surface area contributed by atoms with Gasteiger partial charge in [0.25, 0.3) is 0 Å². The van der Waals surface area contributed by atoms with Gasteiger partial charge in [0.05, 0.1) is 0 Å². The Hall–Kier alpha value is -0.0400. The molecule has 0 aromatic rings. The number of nitrogens with two attached hydrogens (primary N) is 1. The van der Waals surface area contributed by atoms with Crippen molar-refractivity contribution in [2.45, 2.75) is 155 Å². The molecule has 1 nitrogen and oxygen atoms in total. The van der Waals surface area contributed by atoms with Crippen molar-refractivity contribution in [1.82, 2.24) is 0 Å². The Kier molecular flexibility index (Phi) is 18.7. The minimum atomic E-state index is 0.141. The van der Waals surface area contributed by atoms with Gasteiger partial charge in [0.1, 0.15) is 0 Å². The zero-order chi connectivity index (χ0) is 18.6. The first-order chi connectivity index (χ1) is 12.2. The maximum atomic E-state index is 6.89. The van der Waals surface area contributed by atoms with E-state index in [2.05, 4.69) is 20.8 Å². The monoisotopic (exact) mass is 353 g/mol. The molecular weight excluding hydrogens is 302 g/mol. The van der Waals surface area contributed by atoms with E-state index in [0.29, 0.717) is 0 Å². The maximum Gasteiger partial charge on any atom is 0.0154 e. The van der Waals surface area contributed by atoms with Crippen LogP contribution in [0.15, 0.2) is 0 Å². The molecule has 0 saturated heterocycles. The quantitative estimate of drug-likeness (QED) is 0.218. The van der Waals surface area contributed by atoms with Gasteiger partial charge >= 0.3 is 0 Å². The van der Waals surface area contributed by atoms with Gasteiger partial charge in [0, 0.05) is 5.54 Å². The summed E-state index contributed by atoms with van der Waals surface area (Å²) >= 11 is 0. The van der Waals surface area contributed by atoms with Crippen molar-refractivity contribution >= 4 is 0 Å². The highest BCUT2D eigenvalue weighted by atomic mass is 14.7. The first kappa shape index (κ1) is 25.0. The van der Waals surface area contributed by atoms with E-state index in [1.807, 2.05) is 0 Å². The SMILES string of the molecule is CCCCCCCCCC(N)(CCCCCCC)CCCCCCC. The number of unbranched alkanes of at least 4 members (excludes halogenated alkanes) is 14. The van der Waals surface area contributed by atoms with E-state index >= 15 is 0 Å². The van der Waals surface area contributed by atoms with Crippen molar-refractivity contribution in [3.05, 3.63) is 0 Å². The molecule has 0 aliphatic heterocycles. The van der Waals surface area contributed by atoms with E-state index in [-0.39, 0.29) is 5.54 Å². The highest BCUT2D eigenvalue weighted by Crippen LogP contribution is 2.27. The summed E-state index contributed by atoms with van der Waals surface area (Å²) < 4.78 is 0. The van der Waals surface area contributed by atoms with Crippen LogP contribution in [0.25, 0.3) is 0 Å². The Bertz CT molecular complexity index is 234. The maximum absolute atomic E-state index is 6.89. The molecule has 0 unspecified atom stereocenters. The van der Waals surface area contributed by atoms with Crippen molar-refractivity contribution in [2.75, 3.05) is 0 Å². The molecule has 0 aliphatic carbocycles. The molecule has 0 bridgehead atoms. The fourth-order valence-electron chi connectivity index (χ4n) is 3.97. The molecule has 0 atom stereocenters. The second-order valence-electron chi connectivity index (χ2n) is 8.56. The number of rotatable bonds is 20. The van der Waals surface area contributed by atoms with Crippen LogP contribution in [0.3, 0.4) is 0 Å². The molecule has 152 valence electrons. The summed E-state index contributed by atoms with van der Waals surface area (Å²) in [4.78, 5) is 0. The molecule has 0 rings (SSSR count). The molecule has 0 aromatic heterocycles. The zero-order valence-electron chi connectivity index (χ0n) is 18.2. The lowest BCUT2D eigenvalue weighted by molar-refractivity contribution is 0.303. The van der Waals surface area contributed by atoms with Gasteiger partial charge in [-0.1, -0.05) is 130 Å². The third kappa shape index (κ3) is 17.1. The number of hydrogen-bond acceptors (Lipinski definition) is 1. The molecule has 2 N–H and O–H groups in total. The number of hydrogen-bond donors (Lipinski definition) is 1. The molecule has 0 amide bonds. The van der Waals surface area contributed by atoms with E-state index in [4.69, 9.17) is 5.73 Å². The van der Waals surface area contributed by atoms with Crippen LogP contribution in [0, 0.1) is 0 Å². The second-order valence-corrected chi connectivity index (χ2v) is 8.56. The van der Waals surface area contributed by atoms with E-state index in [0.717, 1.165) is 0 Å². The summed E-state index contributed by atoms with van der Waals surface area (Å²) in [5.74, 6) is 0. The minimum Gasteiger partial charge on any atom is -0.325 e. The predicted octanol–water partition coefficient (Wildman–Crippen LogP) is 8.55. The van der Waals surface area contributed by atoms with Crippen LogP contribution in [0.1, 0.15) is 149 Å². The molecule has 0 aromatic carbocycles. The predicted molar refractivity (Wildman–Crippen MR) is 116 cm³/mol. The smallest absolute Gasteiger partial charge is 0.0154 e. The van der Waals surface area contributed by atoms with Crippen molar-refractivity contribution in [3.63, 3.8) is 0 Å². The van der Waals surface area contributed by atoms with Gasteiger partial charge in [0.2, 0.25) is 0 Å². The molecule has 0 fully saturated rings. The third-order valence-electron chi connectivity index (χ3n) is 5.83. The molecule has 1 heteroatoms. The average Bonchev–Trinajstić information content (AvgIpc) is 2.61. The third-order valence-corrected chi connectivity index (χ3v) is 5.83. The Labute approximate surface area is 160 Å². The lowest BCUT2D eigenvalue weighted by Crippen LogP contribution is -2.39. The van der Waals surface area contributed by atoms with Gasteiger partial charge in [-0.25, -0.2) is 0 Å².